The Labute approximate surface area is 299 Å². The molecule has 1 N–H and O–H groups in total. The van der Waals surface area contributed by atoms with Crippen molar-refractivity contribution < 1.29 is 38.2 Å². The van der Waals surface area contributed by atoms with Crippen molar-refractivity contribution in [1.29, 1.82) is 0 Å². The van der Waals surface area contributed by atoms with Crippen molar-refractivity contribution in [1.82, 2.24) is 24.9 Å². The van der Waals surface area contributed by atoms with Gasteiger partial charge < -0.3 is 34.2 Å². The van der Waals surface area contributed by atoms with Crippen molar-refractivity contribution >= 4 is 30.0 Å². The average molecular weight is 702 g/mol. The molecule has 3 aromatic rings. The molecule has 0 radical (unpaired) electrons. The number of carbonyl (C=O) groups excluding carboxylic acids is 5. The topological polar surface area (TPSA) is 138 Å². The molecular weight excluding hydrogens is 654 g/mol. The molecule has 3 aromatic carbocycles. The van der Waals surface area contributed by atoms with Crippen LogP contribution in [0.3, 0.4) is 0 Å². The second-order valence-corrected chi connectivity index (χ2v) is 12.0. The minimum atomic E-state index is -0.592. The van der Waals surface area contributed by atoms with E-state index >= 15 is 0 Å². The monoisotopic (exact) mass is 701 g/mol. The highest BCUT2D eigenvalue weighted by Gasteiger charge is 2.26. The Morgan fingerprint density at radius 3 is 1.20 bits per heavy atom. The normalized spacial score (nSPS) is 14.4. The fourth-order valence-corrected chi connectivity index (χ4v) is 5.17. The van der Waals surface area contributed by atoms with Crippen molar-refractivity contribution in [3.63, 3.8) is 0 Å². The molecule has 4 rings (SSSR count). The Kier molecular flexibility index (Phi) is 15.8. The Balaban J connectivity index is 1.51. The second-order valence-electron chi connectivity index (χ2n) is 12.0. The zero-order valence-electron chi connectivity index (χ0n) is 29.1. The number of ketones is 1. The van der Waals surface area contributed by atoms with Gasteiger partial charge in [0.05, 0.1) is 13.1 Å². The molecule has 1 saturated heterocycles. The largest absolute Gasteiger partial charge is 0.445 e. The van der Waals surface area contributed by atoms with Crippen LogP contribution in [0.5, 0.6) is 0 Å². The van der Waals surface area contributed by atoms with Crippen LogP contribution in [0.2, 0.25) is 0 Å². The first-order valence-electron chi connectivity index (χ1n) is 17.2. The number of nitrogens with zero attached hydrogens (tertiary/aromatic N) is 4. The molecular formula is C38H47N5O8. The summed E-state index contributed by atoms with van der Waals surface area (Å²) in [5.74, 6) is -0.448. The maximum Gasteiger partial charge on any atom is 0.410 e. The predicted molar refractivity (Wildman–Crippen MR) is 189 cm³/mol. The second kappa shape index (κ2) is 20.9. The van der Waals surface area contributed by atoms with Crippen molar-refractivity contribution in [2.45, 2.75) is 33.2 Å². The number of amides is 4. The Hall–Kier alpha value is -5.43. The molecule has 1 aliphatic rings. The molecule has 13 nitrogen and oxygen atoms in total. The molecule has 0 unspecified atom stereocenters. The number of hydrogen-bond donors (Lipinski definition) is 1. The third-order valence-corrected chi connectivity index (χ3v) is 8.29. The first-order chi connectivity index (χ1) is 24.8. The van der Waals surface area contributed by atoms with Crippen molar-refractivity contribution in [2.75, 3.05) is 65.4 Å². The summed E-state index contributed by atoms with van der Waals surface area (Å²) in [6.45, 7) is 3.03. The lowest BCUT2D eigenvalue weighted by Crippen LogP contribution is -2.51. The van der Waals surface area contributed by atoms with E-state index in [1.165, 1.54) is 14.7 Å². The molecule has 4 amide bonds. The lowest BCUT2D eigenvalue weighted by molar-refractivity contribution is -0.125. The van der Waals surface area contributed by atoms with E-state index in [2.05, 4.69) is 5.32 Å². The summed E-state index contributed by atoms with van der Waals surface area (Å²) in [6, 6.07) is 27.9. The van der Waals surface area contributed by atoms with Crippen LogP contribution in [0.25, 0.3) is 0 Å². The van der Waals surface area contributed by atoms with Crippen LogP contribution >= 0.6 is 0 Å². The number of hydrogen-bond acceptors (Lipinski definition) is 9. The number of Topliss-reactive ketones (excluding diaryl/α,β-unsaturated/α-hetero) is 1. The number of ether oxygens (including phenoxy) is 3. The maximum atomic E-state index is 13.4. The van der Waals surface area contributed by atoms with Gasteiger partial charge in [0.2, 0.25) is 5.91 Å². The van der Waals surface area contributed by atoms with E-state index in [0.29, 0.717) is 6.42 Å². The fraction of sp³-hybridized carbons (Fsp3) is 0.395. The van der Waals surface area contributed by atoms with E-state index in [9.17, 15) is 24.0 Å². The van der Waals surface area contributed by atoms with Gasteiger partial charge >= 0.3 is 18.3 Å². The van der Waals surface area contributed by atoms with Crippen LogP contribution < -0.4 is 5.32 Å². The quantitative estimate of drug-likeness (QED) is 0.290. The molecule has 1 heterocycles. The summed E-state index contributed by atoms with van der Waals surface area (Å²) in [6.07, 6.45) is -1.43. The van der Waals surface area contributed by atoms with Gasteiger partial charge in [-0.15, -0.1) is 0 Å². The van der Waals surface area contributed by atoms with Crippen LogP contribution in [0.4, 0.5) is 14.4 Å². The first-order valence-corrected chi connectivity index (χ1v) is 17.2. The number of carbonyl (C=O) groups is 5. The third kappa shape index (κ3) is 13.8. The summed E-state index contributed by atoms with van der Waals surface area (Å²) in [5.41, 5.74) is 2.47. The highest BCUT2D eigenvalue weighted by atomic mass is 16.6. The predicted octanol–water partition coefficient (Wildman–Crippen LogP) is 4.31. The highest BCUT2D eigenvalue weighted by molar-refractivity contribution is 5.86. The molecule has 1 aliphatic heterocycles. The van der Waals surface area contributed by atoms with Crippen LogP contribution in [0, 0.1) is 0 Å². The van der Waals surface area contributed by atoms with Crippen LogP contribution in [0.15, 0.2) is 91.0 Å². The molecule has 0 bridgehead atoms. The van der Waals surface area contributed by atoms with E-state index in [1.807, 2.05) is 95.9 Å². The van der Waals surface area contributed by atoms with E-state index in [-0.39, 0.29) is 97.0 Å². The van der Waals surface area contributed by atoms with Crippen LogP contribution in [0.1, 0.15) is 30.0 Å². The van der Waals surface area contributed by atoms with E-state index in [1.54, 1.807) is 6.92 Å². The van der Waals surface area contributed by atoms with Gasteiger partial charge in [0.25, 0.3) is 0 Å². The maximum absolute atomic E-state index is 13.4. The summed E-state index contributed by atoms with van der Waals surface area (Å²) in [4.78, 5) is 71.2. The molecule has 13 heteroatoms. The Bertz CT molecular complexity index is 1470. The molecule has 51 heavy (non-hydrogen) atoms. The third-order valence-electron chi connectivity index (χ3n) is 8.29. The summed E-state index contributed by atoms with van der Waals surface area (Å²) >= 11 is 0. The Morgan fingerprint density at radius 1 is 0.529 bits per heavy atom. The van der Waals surface area contributed by atoms with Gasteiger partial charge in [-0.3, -0.25) is 14.5 Å². The van der Waals surface area contributed by atoms with Gasteiger partial charge in [-0.05, 0) is 16.7 Å². The minimum absolute atomic E-state index is 0.0582. The van der Waals surface area contributed by atoms with Crippen molar-refractivity contribution in [3.05, 3.63) is 108 Å². The number of nitrogens with one attached hydrogen (secondary N) is 1. The zero-order chi connectivity index (χ0) is 36.3. The number of benzene rings is 3. The Morgan fingerprint density at radius 2 is 0.863 bits per heavy atom. The molecule has 272 valence electrons. The van der Waals surface area contributed by atoms with Gasteiger partial charge in [0.1, 0.15) is 19.8 Å². The van der Waals surface area contributed by atoms with Gasteiger partial charge in [0.15, 0.2) is 5.78 Å². The first kappa shape index (κ1) is 38.4. The fourth-order valence-electron chi connectivity index (χ4n) is 5.17. The molecule has 0 atom stereocenters. The van der Waals surface area contributed by atoms with Gasteiger partial charge in [-0.25, -0.2) is 14.4 Å². The summed E-state index contributed by atoms with van der Waals surface area (Å²) in [5, 5.41) is 2.66. The van der Waals surface area contributed by atoms with E-state index in [0.717, 1.165) is 16.7 Å². The molecule has 0 aromatic heterocycles. The SMILES string of the molecule is CCC(=O)CNC(=O)CN1CCN(C(=O)OCc2ccccc2)CCN(C(=O)OCc2ccccc2)CCN(C(=O)OCc2ccccc2)CC1. The van der Waals surface area contributed by atoms with Gasteiger partial charge in [-0.1, -0.05) is 97.9 Å². The smallest absolute Gasteiger partial charge is 0.410 e. The van der Waals surface area contributed by atoms with Crippen molar-refractivity contribution in [3.8, 4) is 0 Å². The van der Waals surface area contributed by atoms with E-state index in [4.69, 9.17) is 14.2 Å². The molecule has 1 fully saturated rings. The highest BCUT2D eigenvalue weighted by Crippen LogP contribution is 2.10. The lowest BCUT2D eigenvalue weighted by Gasteiger charge is -2.33. The lowest BCUT2D eigenvalue weighted by atomic mass is 10.2. The molecule has 0 spiro atoms. The summed E-state index contributed by atoms with van der Waals surface area (Å²) < 4.78 is 16.9. The molecule has 0 saturated carbocycles. The van der Waals surface area contributed by atoms with Crippen molar-refractivity contribution in [2.24, 2.45) is 0 Å². The average Bonchev–Trinajstić information content (AvgIpc) is 3.16. The molecule has 0 aliphatic carbocycles. The van der Waals surface area contributed by atoms with Crippen LogP contribution in [-0.2, 0) is 43.6 Å². The van der Waals surface area contributed by atoms with Gasteiger partial charge in [0, 0.05) is 58.8 Å². The summed E-state index contributed by atoms with van der Waals surface area (Å²) in [7, 11) is 0. The van der Waals surface area contributed by atoms with E-state index < -0.39 is 18.3 Å². The number of rotatable bonds is 11. The van der Waals surface area contributed by atoms with Crippen LogP contribution in [-0.4, -0.2) is 115 Å². The minimum Gasteiger partial charge on any atom is -0.445 e. The van der Waals surface area contributed by atoms with Gasteiger partial charge in [-0.2, -0.15) is 0 Å². The standard InChI is InChI=1S/C38H47N5O8/c1-2-34(44)26-39-35(45)27-40-18-20-41(36(46)49-28-31-12-6-3-7-13-31)22-24-43(38(48)51-30-33-16-10-5-11-17-33)25-23-42(21-19-40)37(47)50-29-32-14-8-4-9-15-32/h3-17H,2,18-30H2,1H3,(H,39,45). The zero-order valence-corrected chi connectivity index (χ0v) is 29.1.